The molecule has 1 atom stereocenters. The van der Waals surface area contributed by atoms with Crippen LogP contribution in [0.2, 0.25) is 0 Å². The van der Waals surface area contributed by atoms with Crippen molar-refractivity contribution in [1.82, 2.24) is 5.32 Å². The minimum Gasteiger partial charge on any atom is -0.394 e. The van der Waals surface area contributed by atoms with Gasteiger partial charge in [-0.1, -0.05) is 36.4 Å². The molecule has 4 heteroatoms. The summed E-state index contributed by atoms with van der Waals surface area (Å²) in [4.78, 5) is 12.2. The molecule has 0 radical (unpaired) electrons. The Bertz CT molecular complexity index is 563. The van der Waals surface area contributed by atoms with Crippen LogP contribution in [0.4, 0.5) is 0 Å². The minimum atomic E-state index is -0.392. The van der Waals surface area contributed by atoms with Crippen LogP contribution in [-0.2, 0) is 4.74 Å². The van der Waals surface area contributed by atoms with Gasteiger partial charge in [-0.25, -0.2) is 0 Å². The Hall–Kier alpha value is -1.91. The number of amides is 1. The van der Waals surface area contributed by atoms with Crippen LogP contribution in [0, 0.1) is 0 Å². The quantitative estimate of drug-likeness (QED) is 0.857. The fourth-order valence-electron chi connectivity index (χ4n) is 2.03. The number of benzene rings is 2. The highest BCUT2D eigenvalue weighted by molar-refractivity contribution is 6.07. The zero-order chi connectivity index (χ0) is 13.7. The third-order valence-corrected chi connectivity index (χ3v) is 2.96. The molecular formula is C15H17NO3. The predicted molar refractivity (Wildman–Crippen MR) is 74.2 cm³/mol. The number of ether oxygens (including phenoxy) is 1. The first-order valence-corrected chi connectivity index (χ1v) is 6.14. The van der Waals surface area contributed by atoms with Crippen LogP contribution in [0.1, 0.15) is 10.4 Å². The molecule has 1 amide bonds. The van der Waals surface area contributed by atoms with Gasteiger partial charge in [0, 0.05) is 12.7 Å². The summed E-state index contributed by atoms with van der Waals surface area (Å²) in [5.41, 5.74) is 0.604. The van der Waals surface area contributed by atoms with Gasteiger partial charge in [0.25, 0.3) is 5.91 Å². The van der Waals surface area contributed by atoms with Crippen molar-refractivity contribution < 1.29 is 14.6 Å². The van der Waals surface area contributed by atoms with Gasteiger partial charge in [-0.05, 0) is 16.8 Å². The second-order valence-corrected chi connectivity index (χ2v) is 4.34. The van der Waals surface area contributed by atoms with E-state index in [4.69, 9.17) is 4.74 Å². The minimum absolute atomic E-state index is 0.148. The van der Waals surface area contributed by atoms with E-state index in [1.54, 1.807) is 6.07 Å². The van der Waals surface area contributed by atoms with E-state index in [2.05, 4.69) is 5.32 Å². The average Bonchev–Trinajstić information content (AvgIpc) is 2.46. The van der Waals surface area contributed by atoms with Gasteiger partial charge >= 0.3 is 0 Å². The smallest absolute Gasteiger partial charge is 0.252 e. The molecule has 0 aliphatic rings. The van der Waals surface area contributed by atoms with E-state index in [0.29, 0.717) is 5.56 Å². The van der Waals surface area contributed by atoms with Crippen molar-refractivity contribution in [3.05, 3.63) is 48.0 Å². The fraction of sp³-hybridized carbons (Fsp3) is 0.267. The number of hydrogen-bond donors (Lipinski definition) is 2. The van der Waals surface area contributed by atoms with Crippen LogP contribution in [0.3, 0.4) is 0 Å². The molecule has 0 saturated heterocycles. The molecule has 0 saturated carbocycles. The lowest BCUT2D eigenvalue weighted by molar-refractivity contribution is 0.0841. The van der Waals surface area contributed by atoms with E-state index in [1.165, 1.54) is 7.11 Å². The molecule has 100 valence electrons. The second kappa shape index (κ2) is 6.31. The number of carbonyl (C=O) groups is 1. The Kier molecular flexibility index (Phi) is 4.49. The number of nitrogens with one attached hydrogen (secondary N) is 1. The molecule has 1 unspecified atom stereocenters. The zero-order valence-electron chi connectivity index (χ0n) is 10.8. The maximum atomic E-state index is 12.2. The van der Waals surface area contributed by atoms with Gasteiger partial charge in [0.2, 0.25) is 0 Å². The average molecular weight is 259 g/mol. The van der Waals surface area contributed by atoms with Gasteiger partial charge in [-0.3, -0.25) is 4.79 Å². The Balaban J connectivity index is 2.26. The van der Waals surface area contributed by atoms with Crippen molar-refractivity contribution in [1.29, 1.82) is 0 Å². The lowest BCUT2D eigenvalue weighted by Crippen LogP contribution is -2.40. The van der Waals surface area contributed by atoms with Crippen molar-refractivity contribution in [3.63, 3.8) is 0 Å². The third-order valence-electron chi connectivity index (χ3n) is 2.96. The molecular weight excluding hydrogens is 242 g/mol. The molecule has 0 bridgehead atoms. The highest BCUT2D eigenvalue weighted by Crippen LogP contribution is 2.18. The summed E-state index contributed by atoms with van der Waals surface area (Å²) < 4.78 is 4.94. The largest absolute Gasteiger partial charge is 0.394 e. The summed E-state index contributed by atoms with van der Waals surface area (Å²) in [6.07, 6.45) is 0. The third kappa shape index (κ3) is 3.10. The normalized spacial score (nSPS) is 12.3. The molecule has 0 aliphatic carbocycles. The van der Waals surface area contributed by atoms with Gasteiger partial charge in [0.1, 0.15) is 0 Å². The zero-order valence-corrected chi connectivity index (χ0v) is 10.8. The highest BCUT2D eigenvalue weighted by Gasteiger charge is 2.14. The summed E-state index contributed by atoms with van der Waals surface area (Å²) in [7, 11) is 1.53. The van der Waals surface area contributed by atoms with Gasteiger partial charge < -0.3 is 15.2 Å². The topological polar surface area (TPSA) is 58.6 Å². The first-order valence-electron chi connectivity index (χ1n) is 6.14. The standard InChI is InChI=1S/C15H17NO3/c1-19-10-12(9-17)16-15(18)14-8-4-6-11-5-2-3-7-13(11)14/h2-8,12,17H,9-10H2,1H3,(H,16,18). The van der Waals surface area contributed by atoms with E-state index in [0.717, 1.165) is 10.8 Å². The highest BCUT2D eigenvalue weighted by atomic mass is 16.5. The molecule has 0 aromatic heterocycles. The Morgan fingerprint density at radius 1 is 1.26 bits per heavy atom. The number of aliphatic hydroxyl groups is 1. The number of fused-ring (bicyclic) bond motifs is 1. The summed E-state index contributed by atoms with van der Waals surface area (Å²) in [6, 6.07) is 12.9. The van der Waals surface area contributed by atoms with Crippen molar-refractivity contribution in [2.45, 2.75) is 6.04 Å². The Labute approximate surface area is 112 Å². The summed E-state index contributed by atoms with van der Waals surface area (Å²) in [5.74, 6) is -0.201. The van der Waals surface area contributed by atoms with Crippen LogP contribution < -0.4 is 5.32 Å². The molecule has 2 aromatic rings. The van der Waals surface area contributed by atoms with Crippen LogP contribution in [0.25, 0.3) is 10.8 Å². The van der Waals surface area contributed by atoms with Gasteiger partial charge in [0.15, 0.2) is 0 Å². The number of carbonyl (C=O) groups excluding carboxylic acids is 1. The van der Waals surface area contributed by atoms with E-state index in [-0.39, 0.29) is 19.1 Å². The van der Waals surface area contributed by atoms with Gasteiger partial charge in [-0.2, -0.15) is 0 Å². The summed E-state index contributed by atoms with van der Waals surface area (Å²) in [6.45, 7) is 0.136. The van der Waals surface area contributed by atoms with Gasteiger partial charge in [-0.15, -0.1) is 0 Å². The predicted octanol–water partition coefficient (Wildman–Crippen LogP) is 1.58. The summed E-state index contributed by atoms with van der Waals surface area (Å²) >= 11 is 0. The van der Waals surface area contributed by atoms with E-state index in [9.17, 15) is 9.90 Å². The van der Waals surface area contributed by atoms with Gasteiger partial charge in [0.05, 0.1) is 19.3 Å². The summed E-state index contributed by atoms with van der Waals surface area (Å²) in [5, 5.41) is 13.8. The first kappa shape index (κ1) is 13.5. The number of aliphatic hydroxyl groups excluding tert-OH is 1. The van der Waals surface area contributed by atoms with E-state index < -0.39 is 6.04 Å². The lowest BCUT2D eigenvalue weighted by atomic mass is 10.0. The SMILES string of the molecule is COCC(CO)NC(=O)c1cccc2ccccc12. The maximum absolute atomic E-state index is 12.2. The first-order chi connectivity index (χ1) is 9.26. The molecule has 2 aromatic carbocycles. The molecule has 0 spiro atoms. The van der Waals surface area contributed by atoms with Crippen LogP contribution >= 0.6 is 0 Å². The molecule has 0 aliphatic heterocycles. The fourth-order valence-corrected chi connectivity index (χ4v) is 2.03. The second-order valence-electron chi connectivity index (χ2n) is 4.34. The van der Waals surface area contributed by atoms with Crippen LogP contribution in [-0.4, -0.2) is 37.4 Å². The molecule has 19 heavy (non-hydrogen) atoms. The van der Waals surface area contributed by atoms with Crippen molar-refractivity contribution in [2.24, 2.45) is 0 Å². The van der Waals surface area contributed by atoms with E-state index >= 15 is 0 Å². The number of rotatable bonds is 5. The van der Waals surface area contributed by atoms with Crippen LogP contribution in [0.5, 0.6) is 0 Å². The van der Waals surface area contributed by atoms with Crippen molar-refractivity contribution in [3.8, 4) is 0 Å². The van der Waals surface area contributed by atoms with Crippen molar-refractivity contribution >= 4 is 16.7 Å². The molecule has 2 N–H and O–H groups in total. The molecule has 0 fully saturated rings. The molecule has 2 rings (SSSR count). The number of methoxy groups -OCH3 is 1. The van der Waals surface area contributed by atoms with Crippen LogP contribution in [0.15, 0.2) is 42.5 Å². The maximum Gasteiger partial charge on any atom is 0.252 e. The molecule has 0 heterocycles. The lowest BCUT2D eigenvalue weighted by Gasteiger charge is -2.16. The molecule has 4 nitrogen and oxygen atoms in total. The Morgan fingerprint density at radius 2 is 2.00 bits per heavy atom. The Morgan fingerprint density at radius 3 is 2.74 bits per heavy atom. The van der Waals surface area contributed by atoms with Crippen molar-refractivity contribution in [2.75, 3.05) is 20.3 Å². The number of hydrogen-bond acceptors (Lipinski definition) is 3. The van der Waals surface area contributed by atoms with E-state index in [1.807, 2.05) is 36.4 Å². The monoisotopic (exact) mass is 259 g/mol.